The number of benzene rings is 1. The van der Waals surface area contributed by atoms with Gasteiger partial charge >= 0.3 is 0 Å². The molecule has 0 fully saturated rings. The monoisotopic (exact) mass is 393 g/mol. The maximum atomic E-state index is 11.1. The number of pyridine rings is 1. The molecule has 0 radical (unpaired) electrons. The second-order valence-corrected chi connectivity index (χ2v) is 7.14. The highest BCUT2D eigenvalue weighted by Gasteiger charge is 2.27. The highest BCUT2D eigenvalue weighted by molar-refractivity contribution is 7.19. The minimum Gasteiger partial charge on any atom is -0.384 e. The van der Waals surface area contributed by atoms with Crippen LogP contribution in [0.3, 0.4) is 0 Å². The van der Waals surface area contributed by atoms with Gasteiger partial charge in [-0.15, -0.1) is 11.3 Å². The largest absolute Gasteiger partial charge is 0.384 e. The standard InChI is InChI=1S/C19H12ClN5OS/c20-13-3-1-11(2-4-13)16(26)15-14(9-21)17(12-5-7-22-8-6-12)27-18(15)19-23-10-24-25-19/h1-8,10,16,26H,(H,23,24,25). The first-order valence-electron chi connectivity index (χ1n) is 7.95. The molecule has 0 bridgehead atoms. The summed E-state index contributed by atoms with van der Waals surface area (Å²) in [6.07, 6.45) is 3.72. The molecule has 0 spiro atoms. The average Bonchev–Trinajstić information content (AvgIpc) is 3.36. The molecule has 4 aromatic rings. The number of nitrogens with zero attached hydrogens (tertiary/aromatic N) is 4. The van der Waals surface area contributed by atoms with Crippen molar-refractivity contribution in [1.82, 2.24) is 20.2 Å². The fraction of sp³-hybridized carbons (Fsp3) is 0.0526. The Morgan fingerprint density at radius 1 is 1.11 bits per heavy atom. The molecule has 132 valence electrons. The van der Waals surface area contributed by atoms with E-state index in [1.807, 2.05) is 12.1 Å². The number of hydrogen-bond donors (Lipinski definition) is 2. The number of hydrogen-bond acceptors (Lipinski definition) is 6. The zero-order chi connectivity index (χ0) is 18.8. The van der Waals surface area contributed by atoms with Gasteiger partial charge in [-0.1, -0.05) is 23.7 Å². The van der Waals surface area contributed by atoms with Gasteiger partial charge in [0, 0.05) is 23.0 Å². The molecule has 0 amide bonds. The van der Waals surface area contributed by atoms with Crippen molar-refractivity contribution >= 4 is 22.9 Å². The van der Waals surface area contributed by atoms with E-state index in [4.69, 9.17) is 11.6 Å². The van der Waals surface area contributed by atoms with Crippen LogP contribution < -0.4 is 0 Å². The van der Waals surface area contributed by atoms with Gasteiger partial charge in [-0.05, 0) is 35.4 Å². The van der Waals surface area contributed by atoms with E-state index < -0.39 is 6.10 Å². The van der Waals surface area contributed by atoms with Gasteiger partial charge in [-0.25, -0.2) is 4.98 Å². The zero-order valence-corrected chi connectivity index (χ0v) is 15.4. The Hall–Kier alpha value is -3.05. The number of nitriles is 1. The summed E-state index contributed by atoms with van der Waals surface area (Å²) in [7, 11) is 0. The van der Waals surface area contributed by atoms with Crippen LogP contribution in [0.4, 0.5) is 0 Å². The van der Waals surface area contributed by atoms with E-state index in [0.29, 0.717) is 32.4 Å². The van der Waals surface area contributed by atoms with E-state index in [0.717, 1.165) is 10.4 Å². The summed E-state index contributed by atoms with van der Waals surface area (Å²) in [6, 6.07) is 12.8. The van der Waals surface area contributed by atoms with Crippen molar-refractivity contribution in [2.45, 2.75) is 6.10 Å². The highest BCUT2D eigenvalue weighted by atomic mass is 35.5. The summed E-state index contributed by atoms with van der Waals surface area (Å²) in [6.45, 7) is 0. The topological polar surface area (TPSA) is 98.5 Å². The summed E-state index contributed by atoms with van der Waals surface area (Å²) < 4.78 is 0. The predicted octanol–water partition coefficient (Wildman–Crippen LogP) is 4.20. The second-order valence-electron chi connectivity index (χ2n) is 5.68. The molecule has 1 aromatic carbocycles. The Kier molecular flexibility index (Phi) is 4.69. The van der Waals surface area contributed by atoms with Crippen molar-refractivity contribution in [1.29, 1.82) is 5.26 Å². The Balaban J connectivity index is 1.95. The molecule has 0 aliphatic rings. The Labute approximate surface area is 163 Å². The van der Waals surface area contributed by atoms with E-state index in [-0.39, 0.29) is 0 Å². The van der Waals surface area contributed by atoms with Crippen LogP contribution in [0.2, 0.25) is 5.02 Å². The molecule has 0 saturated heterocycles. The molecular weight excluding hydrogens is 382 g/mol. The van der Waals surface area contributed by atoms with Gasteiger partial charge in [0.2, 0.25) is 0 Å². The van der Waals surface area contributed by atoms with Crippen LogP contribution in [0.15, 0.2) is 55.1 Å². The lowest BCUT2D eigenvalue weighted by Crippen LogP contribution is -2.02. The average molecular weight is 394 g/mol. The smallest absolute Gasteiger partial charge is 0.165 e. The van der Waals surface area contributed by atoms with Crippen LogP contribution in [0, 0.1) is 11.3 Å². The van der Waals surface area contributed by atoms with E-state index >= 15 is 0 Å². The van der Waals surface area contributed by atoms with E-state index in [2.05, 4.69) is 26.2 Å². The molecule has 4 rings (SSSR count). The first-order chi connectivity index (χ1) is 13.2. The van der Waals surface area contributed by atoms with Gasteiger partial charge in [0.1, 0.15) is 18.5 Å². The van der Waals surface area contributed by atoms with Crippen molar-refractivity contribution < 1.29 is 5.11 Å². The summed E-state index contributed by atoms with van der Waals surface area (Å²) in [5, 5.41) is 28.2. The third kappa shape index (κ3) is 3.22. The van der Waals surface area contributed by atoms with E-state index in [9.17, 15) is 10.4 Å². The number of halogens is 1. The molecular formula is C19H12ClN5OS. The number of aliphatic hydroxyl groups is 1. The van der Waals surface area contributed by atoms with E-state index in [1.54, 1.807) is 36.7 Å². The molecule has 27 heavy (non-hydrogen) atoms. The van der Waals surface area contributed by atoms with Crippen molar-refractivity contribution in [2.24, 2.45) is 0 Å². The molecule has 3 heterocycles. The molecule has 3 aromatic heterocycles. The Bertz CT molecular complexity index is 1100. The predicted molar refractivity (Wildman–Crippen MR) is 103 cm³/mol. The molecule has 1 unspecified atom stereocenters. The minimum absolute atomic E-state index is 0.403. The number of thiophene rings is 1. The van der Waals surface area contributed by atoms with Crippen molar-refractivity contribution in [3.63, 3.8) is 0 Å². The van der Waals surface area contributed by atoms with Gasteiger partial charge in [-0.3, -0.25) is 10.1 Å². The first kappa shape index (κ1) is 17.4. The van der Waals surface area contributed by atoms with Crippen LogP contribution >= 0.6 is 22.9 Å². The number of aromatic nitrogens is 4. The molecule has 0 saturated carbocycles. The number of aromatic amines is 1. The van der Waals surface area contributed by atoms with Gasteiger partial charge in [-0.2, -0.15) is 10.4 Å². The van der Waals surface area contributed by atoms with Crippen molar-refractivity contribution in [3.05, 3.63) is 76.8 Å². The maximum Gasteiger partial charge on any atom is 0.165 e. The second kappa shape index (κ2) is 7.29. The normalized spacial score (nSPS) is 11.9. The Morgan fingerprint density at radius 3 is 2.48 bits per heavy atom. The molecule has 6 nitrogen and oxygen atoms in total. The third-order valence-electron chi connectivity index (χ3n) is 4.09. The summed E-state index contributed by atoms with van der Waals surface area (Å²) in [5.41, 5.74) is 2.38. The Morgan fingerprint density at radius 2 is 1.85 bits per heavy atom. The molecule has 2 N–H and O–H groups in total. The maximum absolute atomic E-state index is 11.1. The summed E-state index contributed by atoms with van der Waals surface area (Å²) >= 11 is 7.33. The van der Waals surface area contributed by atoms with Crippen molar-refractivity contribution in [3.8, 4) is 27.2 Å². The van der Waals surface area contributed by atoms with Crippen LogP contribution in [0.1, 0.15) is 22.8 Å². The highest BCUT2D eigenvalue weighted by Crippen LogP contribution is 2.45. The fourth-order valence-electron chi connectivity index (χ4n) is 2.82. The molecule has 1 atom stereocenters. The quantitative estimate of drug-likeness (QED) is 0.541. The van der Waals surface area contributed by atoms with E-state index in [1.165, 1.54) is 17.7 Å². The lowest BCUT2D eigenvalue weighted by atomic mass is 9.96. The van der Waals surface area contributed by atoms with Crippen LogP contribution in [0.25, 0.3) is 21.1 Å². The minimum atomic E-state index is -1.01. The summed E-state index contributed by atoms with van der Waals surface area (Å²) in [4.78, 5) is 9.65. The van der Waals surface area contributed by atoms with Gasteiger partial charge in [0.25, 0.3) is 0 Å². The molecule has 0 aliphatic carbocycles. The van der Waals surface area contributed by atoms with Crippen molar-refractivity contribution in [2.75, 3.05) is 0 Å². The first-order valence-corrected chi connectivity index (χ1v) is 9.15. The number of H-pyrrole nitrogens is 1. The summed E-state index contributed by atoms with van der Waals surface area (Å²) in [5.74, 6) is 0.500. The fourth-order valence-corrected chi connectivity index (χ4v) is 4.19. The lowest BCUT2D eigenvalue weighted by Gasteiger charge is -2.12. The van der Waals surface area contributed by atoms with Crippen LogP contribution in [-0.4, -0.2) is 25.3 Å². The third-order valence-corrected chi connectivity index (χ3v) is 5.60. The molecule has 0 aliphatic heterocycles. The number of aliphatic hydroxyl groups excluding tert-OH is 1. The molecule has 8 heteroatoms. The number of nitrogens with one attached hydrogen (secondary N) is 1. The van der Waals surface area contributed by atoms with Gasteiger partial charge in [0.15, 0.2) is 5.82 Å². The SMILES string of the molecule is N#Cc1c(-c2ccncc2)sc(-c2ncn[nH]2)c1C(O)c1ccc(Cl)cc1. The van der Waals surface area contributed by atoms with Crippen LogP contribution in [-0.2, 0) is 0 Å². The lowest BCUT2D eigenvalue weighted by molar-refractivity contribution is 0.221. The zero-order valence-electron chi connectivity index (χ0n) is 13.8. The van der Waals surface area contributed by atoms with Gasteiger partial charge < -0.3 is 5.11 Å². The number of rotatable bonds is 4. The van der Waals surface area contributed by atoms with Gasteiger partial charge in [0.05, 0.1) is 15.3 Å². The van der Waals surface area contributed by atoms with Crippen LogP contribution in [0.5, 0.6) is 0 Å².